The Morgan fingerprint density at radius 3 is 2.74 bits per heavy atom. The molecule has 1 fully saturated rings. The molecular weight excluding hydrogens is 264 g/mol. The van der Waals surface area contributed by atoms with Gasteiger partial charge >= 0.3 is 0 Å². The van der Waals surface area contributed by atoms with Crippen LogP contribution in [-0.2, 0) is 10.8 Å². The molecule has 19 heavy (non-hydrogen) atoms. The summed E-state index contributed by atoms with van der Waals surface area (Å²) in [5, 5.41) is 3.10. The Labute approximate surface area is 115 Å². The minimum atomic E-state index is -0.760. The van der Waals surface area contributed by atoms with Crippen molar-refractivity contribution in [2.24, 2.45) is 0 Å². The molecule has 0 aliphatic carbocycles. The molecule has 1 aromatic heterocycles. The summed E-state index contributed by atoms with van der Waals surface area (Å²) in [4.78, 5) is 14.7. The van der Waals surface area contributed by atoms with Gasteiger partial charge in [0.2, 0.25) is 17.8 Å². The van der Waals surface area contributed by atoms with Crippen LogP contribution in [0.15, 0.2) is 0 Å². The highest BCUT2D eigenvalue weighted by atomic mass is 32.2. The number of nitrogens with one attached hydrogen (secondary N) is 1. The van der Waals surface area contributed by atoms with Crippen molar-refractivity contribution in [3.8, 4) is 0 Å². The molecule has 0 amide bonds. The molecule has 1 aromatic rings. The Hall–Kier alpha value is -1.44. The Kier molecular flexibility index (Phi) is 4.89. The normalized spacial score (nSPS) is 16.6. The van der Waals surface area contributed by atoms with Crippen molar-refractivity contribution in [2.45, 2.75) is 19.3 Å². The molecule has 1 atom stereocenters. The Morgan fingerprint density at radius 2 is 2.05 bits per heavy atom. The van der Waals surface area contributed by atoms with E-state index in [1.54, 1.807) is 6.26 Å². The fraction of sp³-hybridized carbons (Fsp3) is 0.727. The van der Waals surface area contributed by atoms with E-state index in [4.69, 9.17) is 5.73 Å². The molecule has 8 heteroatoms. The minimum absolute atomic E-state index is 0.235. The summed E-state index contributed by atoms with van der Waals surface area (Å²) in [6.45, 7) is 2.62. The summed E-state index contributed by atoms with van der Waals surface area (Å²) in [6.07, 6.45) is 4.84. The summed E-state index contributed by atoms with van der Waals surface area (Å²) >= 11 is 0. The lowest BCUT2D eigenvalue weighted by Gasteiger charge is -2.15. The SMILES string of the molecule is CS(=O)CCCNc1nc(N)nc(N2CCCC2)n1. The molecule has 0 aromatic carbocycles. The first-order chi connectivity index (χ1) is 9.15. The van der Waals surface area contributed by atoms with Crippen LogP contribution >= 0.6 is 0 Å². The highest BCUT2D eigenvalue weighted by Gasteiger charge is 2.16. The largest absolute Gasteiger partial charge is 0.368 e. The third-order valence-electron chi connectivity index (χ3n) is 2.92. The number of rotatable bonds is 6. The van der Waals surface area contributed by atoms with Crippen molar-refractivity contribution in [1.82, 2.24) is 15.0 Å². The summed E-state index contributed by atoms with van der Waals surface area (Å²) in [6, 6.07) is 0. The van der Waals surface area contributed by atoms with E-state index >= 15 is 0 Å². The predicted octanol–water partition coefficient (Wildman–Crippen LogP) is 0.235. The summed E-state index contributed by atoms with van der Waals surface area (Å²) in [5.41, 5.74) is 5.70. The van der Waals surface area contributed by atoms with Gasteiger partial charge in [-0.1, -0.05) is 0 Å². The monoisotopic (exact) mass is 284 g/mol. The zero-order valence-corrected chi connectivity index (χ0v) is 11.9. The van der Waals surface area contributed by atoms with Crippen LogP contribution in [0.25, 0.3) is 0 Å². The van der Waals surface area contributed by atoms with Crippen LogP contribution in [0.2, 0.25) is 0 Å². The molecule has 2 rings (SSSR count). The van der Waals surface area contributed by atoms with Crippen molar-refractivity contribution >= 4 is 28.6 Å². The first-order valence-electron chi connectivity index (χ1n) is 6.45. The number of anilines is 3. The van der Waals surface area contributed by atoms with E-state index in [-0.39, 0.29) is 5.95 Å². The highest BCUT2D eigenvalue weighted by Crippen LogP contribution is 2.17. The van der Waals surface area contributed by atoms with Crippen molar-refractivity contribution < 1.29 is 4.21 Å². The molecule has 3 N–H and O–H groups in total. The van der Waals surface area contributed by atoms with Crippen molar-refractivity contribution in [2.75, 3.05) is 47.6 Å². The van der Waals surface area contributed by atoms with E-state index in [1.807, 2.05) is 0 Å². The average molecular weight is 284 g/mol. The third-order valence-corrected chi connectivity index (χ3v) is 3.79. The first-order valence-corrected chi connectivity index (χ1v) is 8.18. The fourth-order valence-electron chi connectivity index (χ4n) is 1.99. The Balaban J connectivity index is 1.94. The van der Waals surface area contributed by atoms with Gasteiger partial charge < -0.3 is 16.0 Å². The predicted molar refractivity (Wildman–Crippen MR) is 77.7 cm³/mol. The second-order valence-electron chi connectivity index (χ2n) is 4.57. The van der Waals surface area contributed by atoms with Gasteiger partial charge in [-0.2, -0.15) is 15.0 Å². The summed E-state index contributed by atoms with van der Waals surface area (Å²) in [7, 11) is -0.760. The number of nitrogen functional groups attached to an aromatic ring is 1. The molecule has 1 aliphatic heterocycles. The summed E-state index contributed by atoms with van der Waals surface area (Å²) < 4.78 is 11.0. The molecule has 0 saturated carbocycles. The number of nitrogens with zero attached hydrogens (tertiary/aromatic N) is 4. The highest BCUT2D eigenvalue weighted by molar-refractivity contribution is 7.84. The standard InChI is InChI=1S/C11H20N6OS/c1-19(18)8-4-5-13-10-14-9(12)15-11(16-10)17-6-2-3-7-17/h2-8H2,1H3,(H3,12,13,14,15,16). The maximum absolute atomic E-state index is 11.0. The van der Waals surface area contributed by atoms with E-state index in [9.17, 15) is 4.21 Å². The fourth-order valence-corrected chi connectivity index (χ4v) is 2.54. The Morgan fingerprint density at radius 1 is 1.32 bits per heavy atom. The molecule has 0 radical (unpaired) electrons. The lowest BCUT2D eigenvalue weighted by molar-refractivity contribution is 0.685. The van der Waals surface area contributed by atoms with Crippen LogP contribution in [0.1, 0.15) is 19.3 Å². The van der Waals surface area contributed by atoms with E-state index in [0.29, 0.717) is 24.2 Å². The van der Waals surface area contributed by atoms with Crippen LogP contribution in [0, 0.1) is 0 Å². The lowest BCUT2D eigenvalue weighted by atomic mass is 10.4. The zero-order valence-electron chi connectivity index (χ0n) is 11.1. The van der Waals surface area contributed by atoms with Gasteiger partial charge in [0.05, 0.1) is 0 Å². The molecule has 1 aliphatic rings. The van der Waals surface area contributed by atoms with Crippen LogP contribution in [0.3, 0.4) is 0 Å². The van der Waals surface area contributed by atoms with Gasteiger partial charge in [-0.05, 0) is 19.3 Å². The van der Waals surface area contributed by atoms with Gasteiger partial charge in [0.1, 0.15) is 0 Å². The number of nitrogens with two attached hydrogens (primary N) is 1. The van der Waals surface area contributed by atoms with E-state index < -0.39 is 10.8 Å². The average Bonchev–Trinajstić information content (AvgIpc) is 2.87. The molecule has 7 nitrogen and oxygen atoms in total. The second kappa shape index (κ2) is 6.65. The van der Waals surface area contributed by atoms with Gasteiger partial charge in [-0.15, -0.1) is 0 Å². The lowest BCUT2D eigenvalue weighted by Crippen LogP contribution is -2.22. The van der Waals surface area contributed by atoms with Gasteiger partial charge in [0.25, 0.3) is 0 Å². The maximum Gasteiger partial charge on any atom is 0.231 e. The molecule has 1 unspecified atom stereocenters. The minimum Gasteiger partial charge on any atom is -0.368 e. The van der Waals surface area contributed by atoms with E-state index in [0.717, 1.165) is 32.4 Å². The molecule has 1 saturated heterocycles. The molecule has 0 spiro atoms. The number of hydrogen-bond donors (Lipinski definition) is 2. The van der Waals surface area contributed by atoms with Gasteiger partial charge in [0.15, 0.2) is 0 Å². The van der Waals surface area contributed by atoms with Gasteiger partial charge in [0, 0.05) is 42.4 Å². The zero-order chi connectivity index (χ0) is 13.7. The van der Waals surface area contributed by atoms with Crippen LogP contribution in [0.5, 0.6) is 0 Å². The van der Waals surface area contributed by atoms with Crippen molar-refractivity contribution in [3.05, 3.63) is 0 Å². The van der Waals surface area contributed by atoms with Crippen LogP contribution in [-0.4, -0.2) is 50.8 Å². The molecule has 2 heterocycles. The maximum atomic E-state index is 11.0. The van der Waals surface area contributed by atoms with Gasteiger partial charge in [-0.25, -0.2) is 0 Å². The van der Waals surface area contributed by atoms with Crippen molar-refractivity contribution in [1.29, 1.82) is 0 Å². The smallest absolute Gasteiger partial charge is 0.231 e. The number of aromatic nitrogens is 3. The van der Waals surface area contributed by atoms with Crippen molar-refractivity contribution in [3.63, 3.8) is 0 Å². The third kappa shape index (κ3) is 4.30. The second-order valence-corrected chi connectivity index (χ2v) is 6.12. The molecule has 106 valence electrons. The van der Waals surface area contributed by atoms with E-state index in [2.05, 4.69) is 25.2 Å². The quantitative estimate of drug-likeness (QED) is 0.722. The Bertz CT molecular complexity index is 449. The topological polar surface area (TPSA) is 97.0 Å². The molecule has 0 bridgehead atoms. The molecular formula is C11H20N6OS. The van der Waals surface area contributed by atoms with Crippen LogP contribution < -0.4 is 16.0 Å². The van der Waals surface area contributed by atoms with Gasteiger partial charge in [-0.3, -0.25) is 4.21 Å². The van der Waals surface area contributed by atoms with Crippen LogP contribution in [0.4, 0.5) is 17.8 Å². The first kappa shape index (κ1) is 14.0. The number of hydrogen-bond acceptors (Lipinski definition) is 7. The summed E-state index contributed by atoms with van der Waals surface area (Å²) in [5.74, 6) is 2.05. The van der Waals surface area contributed by atoms with E-state index in [1.165, 1.54) is 0 Å².